The van der Waals surface area contributed by atoms with Gasteiger partial charge >= 0.3 is 29.8 Å². The number of H-pyrrole nitrogens is 1. The van der Waals surface area contributed by atoms with E-state index in [0.29, 0.717) is 76.3 Å². The van der Waals surface area contributed by atoms with Gasteiger partial charge in [0, 0.05) is 153 Å². The Morgan fingerprint density at radius 1 is 0.304 bits per heavy atom. The molecule has 0 aromatic carbocycles. The van der Waals surface area contributed by atoms with Crippen molar-refractivity contribution < 1.29 is 169 Å². The second-order valence-electron chi connectivity index (χ2n) is 37.0. The number of ketones is 5. The molecule has 0 aliphatic carbocycles. The van der Waals surface area contributed by atoms with Gasteiger partial charge in [-0.15, -0.1) is 0 Å². The van der Waals surface area contributed by atoms with Gasteiger partial charge in [0.1, 0.15) is 69.3 Å². The summed E-state index contributed by atoms with van der Waals surface area (Å²) in [4.78, 5) is 228. The maximum Gasteiger partial charge on any atom is 0.326 e. The first kappa shape index (κ1) is 136. The van der Waals surface area contributed by atoms with Crippen molar-refractivity contribution in [2.24, 2.45) is 17.1 Å². The van der Waals surface area contributed by atoms with Crippen LogP contribution in [0.5, 0.6) is 0 Å². The second kappa shape index (κ2) is 93.2. The molecule has 0 bridgehead atoms. The number of carbonyl (C=O) groups excluding carboxylic acids is 13. The number of hydrogen-bond acceptors (Lipinski definition) is 32. The fourth-order valence-electron chi connectivity index (χ4n) is 14.8. The van der Waals surface area contributed by atoms with Gasteiger partial charge < -0.3 is 136 Å². The van der Waals surface area contributed by atoms with Crippen molar-refractivity contribution in [2.45, 2.75) is 321 Å². The quantitative estimate of drug-likeness (QED) is 0.0323. The number of unbranched alkanes of at least 4 members (excludes halogenated alkanes) is 20. The molecule has 16 N–H and O–H groups in total. The minimum atomic E-state index is -1.30. The summed E-state index contributed by atoms with van der Waals surface area (Å²) in [6, 6.07) is -4.53. The van der Waals surface area contributed by atoms with Crippen molar-refractivity contribution in [1.82, 2.24) is 52.5 Å². The van der Waals surface area contributed by atoms with Gasteiger partial charge in [-0.1, -0.05) is 123 Å². The first-order valence-corrected chi connectivity index (χ1v) is 52.9. The molecule has 148 heavy (non-hydrogen) atoms. The topological polar surface area (TPSA) is 670 Å². The molecular weight excluding hydrogens is 1940 g/mol. The highest BCUT2D eigenvalue weighted by atomic mass is 16.6. The smallest absolute Gasteiger partial charge is 0.326 e. The summed E-state index contributed by atoms with van der Waals surface area (Å²) in [5, 5.41) is 67.9. The number of hydrogen-bond donors (Lipinski definition) is 15. The van der Waals surface area contributed by atoms with Crippen LogP contribution in [0.15, 0.2) is 12.5 Å². The molecule has 1 aromatic rings. The maximum absolute atomic E-state index is 13.9. The molecule has 1 aromatic heterocycles. The van der Waals surface area contributed by atoms with Gasteiger partial charge in [0.15, 0.2) is 17.3 Å². The van der Waals surface area contributed by atoms with Crippen LogP contribution < -0.4 is 48.3 Å². The summed E-state index contributed by atoms with van der Waals surface area (Å²) < 4.78 is 65.2. The summed E-state index contributed by atoms with van der Waals surface area (Å²) in [6.07, 6.45) is 26.1. The van der Waals surface area contributed by atoms with E-state index in [1.165, 1.54) is 6.33 Å². The van der Waals surface area contributed by atoms with Crippen LogP contribution in [-0.4, -0.2) is 357 Å². The van der Waals surface area contributed by atoms with Crippen LogP contribution in [0.2, 0.25) is 0 Å². The van der Waals surface area contributed by atoms with Gasteiger partial charge in [-0.25, -0.2) is 19.4 Å². The molecule has 1 rings (SSSR count). The van der Waals surface area contributed by atoms with Crippen molar-refractivity contribution in [1.29, 1.82) is 0 Å². The van der Waals surface area contributed by atoms with E-state index in [-0.39, 0.29) is 359 Å². The number of ether oxygens (including phenoxy) is 12. The number of rotatable bonds is 109. The van der Waals surface area contributed by atoms with Gasteiger partial charge in [-0.05, 0) is 96.3 Å². The predicted molar refractivity (Wildman–Crippen MR) is 540 cm³/mol. The van der Waals surface area contributed by atoms with Crippen LogP contribution in [0.1, 0.15) is 296 Å². The van der Waals surface area contributed by atoms with Gasteiger partial charge in [0.05, 0.1) is 111 Å². The lowest BCUT2D eigenvalue weighted by atomic mass is 9.78. The monoisotopic (exact) mass is 2110 g/mol. The third kappa shape index (κ3) is 84.9. The highest BCUT2D eigenvalue weighted by molar-refractivity contribution is 5.93. The fraction of sp³-hybridized carbons (Fsp3) is 0.794. The molecule has 8 amide bonds. The number of imidazole rings is 1. The average Bonchev–Trinajstić information content (AvgIpc) is 1.05. The molecule has 0 aliphatic heterocycles. The lowest BCUT2D eigenvalue weighted by Gasteiger charge is -2.25. The first-order valence-electron chi connectivity index (χ1n) is 52.9. The number of carbonyl (C=O) groups is 18. The summed E-state index contributed by atoms with van der Waals surface area (Å²) in [5.74, 6) is -10.4. The molecule has 0 unspecified atom stereocenters. The Bertz CT molecular complexity index is 3830. The Kier molecular flexibility index (Phi) is 85.8. The minimum absolute atomic E-state index is 0.000619. The zero-order valence-electron chi connectivity index (χ0n) is 87.7. The van der Waals surface area contributed by atoms with E-state index in [2.05, 4.69) is 52.5 Å². The zero-order valence-corrected chi connectivity index (χ0v) is 87.7. The Morgan fingerprint density at radius 3 is 1.00 bits per heavy atom. The third-order valence-electron chi connectivity index (χ3n) is 23.4. The van der Waals surface area contributed by atoms with Crippen LogP contribution >= 0.6 is 0 Å². The van der Waals surface area contributed by atoms with E-state index < -0.39 is 83.1 Å². The van der Waals surface area contributed by atoms with Gasteiger partial charge in [0.2, 0.25) is 47.3 Å². The average molecular weight is 2120 g/mol. The molecule has 0 saturated carbocycles. The number of amides is 8. The van der Waals surface area contributed by atoms with E-state index in [4.69, 9.17) is 72.8 Å². The Balaban J connectivity index is 2.23. The van der Waals surface area contributed by atoms with E-state index >= 15 is 0 Å². The minimum Gasteiger partial charge on any atom is -0.481 e. The van der Waals surface area contributed by atoms with Crippen LogP contribution in [0.25, 0.3) is 0 Å². The Morgan fingerprint density at radius 2 is 0.628 bits per heavy atom. The van der Waals surface area contributed by atoms with Crippen LogP contribution in [0.3, 0.4) is 0 Å². The largest absolute Gasteiger partial charge is 0.481 e. The summed E-state index contributed by atoms with van der Waals surface area (Å²) in [7, 11) is 0. The molecule has 848 valence electrons. The van der Waals surface area contributed by atoms with Gasteiger partial charge in [0.25, 0.3) is 0 Å². The van der Waals surface area contributed by atoms with Gasteiger partial charge in [-0.3, -0.25) is 71.9 Å². The molecule has 1 heterocycles. The van der Waals surface area contributed by atoms with Crippen molar-refractivity contribution in [3.63, 3.8) is 0 Å². The molecule has 0 spiro atoms. The molecule has 5 atom stereocenters. The molecule has 0 fully saturated rings. The number of nitrogens with one attached hydrogen (secondary N) is 9. The maximum atomic E-state index is 13.9. The molecular formula is C102H175N11O35. The Hall–Kier alpha value is -9.85. The number of carboxylic acid groups (broad SMARTS) is 5. The normalized spacial score (nSPS) is 12.4. The number of nitrogens with zero attached hydrogens (tertiary/aromatic N) is 1. The number of nitrogens with two attached hydrogens (primary N) is 1. The highest BCUT2D eigenvalue weighted by Crippen LogP contribution is 2.28. The molecule has 0 aliphatic rings. The number of carboxylic acids is 5. The van der Waals surface area contributed by atoms with E-state index in [9.17, 15) is 102 Å². The number of aliphatic carboxylic acids is 5. The fourth-order valence-corrected chi connectivity index (χ4v) is 14.8. The number of Topliss-reactive ketones (excluding diaryl/α,β-unsaturated/α-hetero) is 5. The molecule has 46 heteroatoms. The SMILES string of the molecule is CC(C)(CC(=O)[C@@H](N)Cc1cnc[nH]1)C(=O)CC[C@@H](CCCCNC(=O)COCCOCCNC(=O)COCCOCCCC(=O)COCCOCCNC(=O)CC[C@H](NC(=O)CCCCCCCCCCCCC(=O)O)C(=O)O)C(=O)N[C@@H](CCCCNC(=O)COCCOCCCC(=O)COCCOCCNC(=O)COCCOCCCC(=O)CC[C@H](NC(=O)CCCCCCCCCCCCC(=O)O)C(=O)O)C(=O)O. The first-order chi connectivity index (χ1) is 71.3. The van der Waals surface area contributed by atoms with Crippen molar-refractivity contribution in [2.75, 3.05) is 191 Å². The van der Waals surface area contributed by atoms with Crippen molar-refractivity contribution >= 4 is 106 Å². The molecule has 46 nitrogen and oxygen atoms in total. The summed E-state index contributed by atoms with van der Waals surface area (Å²) in [6.45, 7) is 6.14. The van der Waals surface area contributed by atoms with Crippen molar-refractivity contribution in [3.8, 4) is 0 Å². The third-order valence-corrected chi connectivity index (χ3v) is 23.4. The van der Waals surface area contributed by atoms with Crippen molar-refractivity contribution in [3.05, 3.63) is 18.2 Å². The molecule has 0 saturated heterocycles. The number of aromatic amines is 1. The van der Waals surface area contributed by atoms with Crippen LogP contribution in [0.4, 0.5) is 0 Å². The standard InChI is InChI=1S/C102H175N11O35/c1-102(2,69-87(117)83(103)68-79-70-104-77-110-79)88(118)43-39-78(30-23-25-45-105-92(122)74-148-67-61-142-55-49-109-95(125)76-147-66-58-139-52-29-33-81(115)71-143-62-59-140-53-47-107-89(119)44-42-86(101(135)136)112-91(121)36-20-16-12-8-4-6-10-14-18-22-38-97(128)129)98(130)113-84(99(131)132)34-24-26-46-106-93(123)73-145-64-57-138-51-28-32-82(116)72-144-63-60-141-54-48-108-94(124)75-146-65-56-137-50-27-31-80(114)40-41-85(100(133)134)111-90(120)35-19-15-11-7-3-5-9-13-17-21-37-96(126)127/h70,77-78,83-86H,3-69,71-76,103H2,1-2H3,(H,104,110)(H,105,122)(H,106,123)(H,107,119)(H,108,124)(H,109,125)(H,111,120)(H,112,121)(H,113,130)(H,126,127)(H,128,129)(H,131,132)(H,133,134)(H,135,136)/t78-,83+,84+,85+,86+/m1/s1. The predicted octanol–water partition coefficient (Wildman–Crippen LogP) is 6.20. The summed E-state index contributed by atoms with van der Waals surface area (Å²) in [5.41, 5.74) is 5.71. The van der Waals surface area contributed by atoms with E-state index in [0.717, 1.165) is 103 Å². The summed E-state index contributed by atoms with van der Waals surface area (Å²) >= 11 is 0. The second-order valence-corrected chi connectivity index (χ2v) is 37.0. The van der Waals surface area contributed by atoms with E-state index in [1.54, 1.807) is 20.0 Å². The van der Waals surface area contributed by atoms with E-state index in [1.807, 2.05) is 0 Å². The zero-order chi connectivity index (χ0) is 109. The van der Waals surface area contributed by atoms with Gasteiger partial charge in [-0.2, -0.15) is 0 Å². The number of aromatic nitrogens is 2. The van der Waals surface area contributed by atoms with Crippen LogP contribution in [-0.2, 0) is 150 Å². The van der Waals surface area contributed by atoms with Crippen LogP contribution in [0, 0.1) is 11.3 Å². The molecule has 0 radical (unpaired) electrons. The lowest BCUT2D eigenvalue weighted by molar-refractivity contribution is -0.143. The Labute approximate surface area is 870 Å². The highest BCUT2D eigenvalue weighted by Gasteiger charge is 2.35. The lowest BCUT2D eigenvalue weighted by Crippen LogP contribution is -2.44.